The van der Waals surface area contributed by atoms with Crippen molar-refractivity contribution in [1.82, 2.24) is 20.8 Å². The molecule has 6 nitrogen and oxygen atoms in total. The van der Waals surface area contributed by atoms with Crippen LogP contribution in [0.15, 0.2) is 21.6 Å². The van der Waals surface area contributed by atoms with E-state index < -0.39 is 0 Å². The first-order valence-electron chi connectivity index (χ1n) is 6.54. The van der Waals surface area contributed by atoms with Crippen LogP contribution in [0.25, 0.3) is 0 Å². The van der Waals surface area contributed by atoms with Gasteiger partial charge in [0.15, 0.2) is 11.8 Å². The monoisotopic (exact) mass is 293 g/mol. The predicted molar refractivity (Wildman–Crippen MR) is 79.7 cm³/mol. The molecule has 0 fully saturated rings. The Bertz CT molecular complexity index is 575. The Kier molecular flexibility index (Phi) is 5.11. The standard InChI is InChI=1S/C13H19N5OS/c1-4-14-13(15-7-11-6-5-9(2)20-11)16-8-12-17-10(3)18-19-12/h5-6H,4,7-8H2,1-3H3,(H2,14,15,16). The summed E-state index contributed by atoms with van der Waals surface area (Å²) in [5.74, 6) is 1.89. The number of thiophene rings is 1. The van der Waals surface area contributed by atoms with Gasteiger partial charge in [-0.05, 0) is 32.9 Å². The molecule has 0 aliphatic heterocycles. The third kappa shape index (κ3) is 4.34. The number of aromatic nitrogens is 2. The van der Waals surface area contributed by atoms with Crippen molar-refractivity contribution in [3.8, 4) is 0 Å². The van der Waals surface area contributed by atoms with E-state index in [9.17, 15) is 0 Å². The molecule has 0 bridgehead atoms. The number of aryl methyl sites for hydroxylation is 2. The van der Waals surface area contributed by atoms with Gasteiger partial charge in [-0.2, -0.15) is 4.98 Å². The van der Waals surface area contributed by atoms with Crippen molar-refractivity contribution in [3.63, 3.8) is 0 Å². The molecule has 0 aromatic carbocycles. The van der Waals surface area contributed by atoms with Crippen LogP contribution in [-0.2, 0) is 13.1 Å². The Morgan fingerprint density at radius 2 is 2.20 bits per heavy atom. The predicted octanol–water partition coefficient (Wildman–Crippen LogP) is 2.00. The minimum absolute atomic E-state index is 0.375. The summed E-state index contributed by atoms with van der Waals surface area (Å²) >= 11 is 1.78. The van der Waals surface area contributed by atoms with E-state index in [-0.39, 0.29) is 0 Å². The second-order valence-electron chi connectivity index (χ2n) is 4.30. The Hall–Kier alpha value is -1.89. The summed E-state index contributed by atoms with van der Waals surface area (Å²) in [5, 5.41) is 10.2. The molecular weight excluding hydrogens is 274 g/mol. The molecule has 20 heavy (non-hydrogen) atoms. The first-order chi connectivity index (χ1) is 9.67. The van der Waals surface area contributed by atoms with Crippen molar-refractivity contribution in [2.75, 3.05) is 6.54 Å². The first kappa shape index (κ1) is 14.5. The molecule has 0 saturated heterocycles. The maximum atomic E-state index is 5.04. The zero-order chi connectivity index (χ0) is 14.4. The van der Waals surface area contributed by atoms with Gasteiger partial charge >= 0.3 is 0 Å². The third-order valence-corrected chi connectivity index (χ3v) is 3.51. The number of nitrogens with one attached hydrogen (secondary N) is 2. The largest absolute Gasteiger partial charge is 0.357 e. The summed E-state index contributed by atoms with van der Waals surface area (Å²) in [7, 11) is 0. The van der Waals surface area contributed by atoms with Gasteiger partial charge in [0.1, 0.15) is 6.54 Å². The fourth-order valence-corrected chi connectivity index (χ4v) is 2.47. The minimum atomic E-state index is 0.375. The van der Waals surface area contributed by atoms with E-state index in [2.05, 4.69) is 44.8 Å². The van der Waals surface area contributed by atoms with Crippen LogP contribution >= 0.6 is 11.3 Å². The lowest BCUT2D eigenvalue weighted by Crippen LogP contribution is -2.36. The normalized spacial score (nSPS) is 11.7. The van der Waals surface area contributed by atoms with E-state index in [4.69, 9.17) is 4.52 Å². The van der Waals surface area contributed by atoms with Crippen LogP contribution in [0.2, 0.25) is 0 Å². The van der Waals surface area contributed by atoms with Gasteiger partial charge in [-0.1, -0.05) is 5.16 Å². The van der Waals surface area contributed by atoms with E-state index >= 15 is 0 Å². The van der Waals surface area contributed by atoms with Gasteiger partial charge in [-0.25, -0.2) is 4.99 Å². The molecule has 0 saturated carbocycles. The van der Waals surface area contributed by atoms with Gasteiger partial charge in [0.2, 0.25) is 5.89 Å². The number of guanidine groups is 1. The van der Waals surface area contributed by atoms with Crippen molar-refractivity contribution in [2.24, 2.45) is 4.99 Å². The van der Waals surface area contributed by atoms with Crippen molar-refractivity contribution < 1.29 is 4.52 Å². The zero-order valence-electron chi connectivity index (χ0n) is 11.9. The quantitative estimate of drug-likeness (QED) is 0.651. The molecule has 0 radical (unpaired) electrons. The number of rotatable bonds is 5. The van der Waals surface area contributed by atoms with Crippen molar-refractivity contribution in [3.05, 3.63) is 33.6 Å². The van der Waals surface area contributed by atoms with Crippen LogP contribution in [0.4, 0.5) is 0 Å². The fraction of sp³-hybridized carbons (Fsp3) is 0.462. The van der Waals surface area contributed by atoms with Crippen molar-refractivity contribution in [1.29, 1.82) is 0 Å². The van der Waals surface area contributed by atoms with Crippen LogP contribution in [0.1, 0.15) is 28.4 Å². The molecule has 2 aromatic heterocycles. The summed E-state index contributed by atoms with van der Waals surface area (Å²) in [4.78, 5) is 11.1. The molecule has 0 unspecified atom stereocenters. The van der Waals surface area contributed by atoms with Crippen LogP contribution in [0.3, 0.4) is 0 Å². The van der Waals surface area contributed by atoms with E-state index in [1.165, 1.54) is 9.75 Å². The van der Waals surface area contributed by atoms with E-state index in [0.717, 1.165) is 19.0 Å². The minimum Gasteiger partial charge on any atom is -0.357 e. The topological polar surface area (TPSA) is 75.3 Å². The molecule has 108 valence electrons. The van der Waals surface area contributed by atoms with E-state index in [1.807, 2.05) is 6.92 Å². The lowest BCUT2D eigenvalue weighted by Gasteiger charge is -2.09. The molecule has 0 spiro atoms. The number of nitrogens with zero attached hydrogens (tertiary/aromatic N) is 3. The van der Waals surface area contributed by atoms with Crippen LogP contribution in [-0.4, -0.2) is 22.6 Å². The maximum absolute atomic E-state index is 5.04. The van der Waals surface area contributed by atoms with Crippen molar-refractivity contribution >= 4 is 17.3 Å². The molecule has 2 aromatic rings. The molecule has 2 rings (SSSR count). The molecule has 2 N–H and O–H groups in total. The average Bonchev–Trinajstić information content (AvgIpc) is 3.02. The lowest BCUT2D eigenvalue weighted by atomic mass is 10.4. The molecule has 0 amide bonds. The van der Waals surface area contributed by atoms with E-state index in [0.29, 0.717) is 18.3 Å². The zero-order valence-corrected chi connectivity index (χ0v) is 12.8. The van der Waals surface area contributed by atoms with Crippen LogP contribution in [0.5, 0.6) is 0 Å². The number of hydrogen-bond donors (Lipinski definition) is 2. The Morgan fingerprint density at radius 1 is 1.35 bits per heavy atom. The highest BCUT2D eigenvalue weighted by Gasteiger charge is 2.03. The molecular formula is C13H19N5OS. The maximum Gasteiger partial charge on any atom is 0.248 e. The Balaban J connectivity index is 1.91. The molecule has 7 heteroatoms. The average molecular weight is 293 g/mol. The number of hydrogen-bond acceptors (Lipinski definition) is 5. The number of aliphatic imine (C=N–C) groups is 1. The van der Waals surface area contributed by atoms with E-state index in [1.54, 1.807) is 18.3 Å². The lowest BCUT2D eigenvalue weighted by molar-refractivity contribution is 0.376. The van der Waals surface area contributed by atoms with Crippen molar-refractivity contribution in [2.45, 2.75) is 33.9 Å². The smallest absolute Gasteiger partial charge is 0.248 e. The van der Waals surface area contributed by atoms with Gasteiger partial charge < -0.3 is 15.2 Å². The first-order valence-corrected chi connectivity index (χ1v) is 7.35. The molecule has 0 atom stereocenters. The summed E-state index contributed by atoms with van der Waals surface area (Å²) in [6.45, 7) is 7.86. The highest BCUT2D eigenvalue weighted by molar-refractivity contribution is 7.11. The molecule has 0 aliphatic carbocycles. The van der Waals surface area contributed by atoms with Crippen LogP contribution < -0.4 is 10.6 Å². The SMILES string of the molecule is CCNC(=NCc1nc(C)no1)NCc1ccc(C)s1. The van der Waals surface area contributed by atoms with Gasteiger partial charge in [0.05, 0.1) is 6.54 Å². The molecule has 0 aliphatic rings. The highest BCUT2D eigenvalue weighted by Crippen LogP contribution is 2.14. The summed E-state index contributed by atoms with van der Waals surface area (Å²) in [5.41, 5.74) is 0. The van der Waals surface area contributed by atoms with Gasteiger partial charge in [0.25, 0.3) is 0 Å². The Labute approximate surface area is 122 Å². The van der Waals surface area contributed by atoms with Crippen LogP contribution in [0, 0.1) is 13.8 Å². The Morgan fingerprint density at radius 3 is 2.80 bits per heavy atom. The summed E-state index contributed by atoms with van der Waals surface area (Å²) in [6, 6.07) is 4.24. The van der Waals surface area contributed by atoms with Gasteiger partial charge in [0, 0.05) is 16.3 Å². The summed E-state index contributed by atoms with van der Waals surface area (Å²) < 4.78 is 5.04. The molecule has 2 heterocycles. The summed E-state index contributed by atoms with van der Waals surface area (Å²) in [6.07, 6.45) is 0. The fourth-order valence-electron chi connectivity index (χ4n) is 1.64. The highest BCUT2D eigenvalue weighted by atomic mass is 32.1. The second kappa shape index (κ2) is 7.04. The van der Waals surface area contributed by atoms with Gasteiger partial charge in [-0.15, -0.1) is 11.3 Å². The van der Waals surface area contributed by atoms with Gasteiger partial charge in [-0.3, -0.25) is 0 Å². The third-order valence-electron chi connectivity index (χ3n) is 2.51. The second-order valence-corrected chi connectivity index (χ2v) is 5.67.